The second-order valence-electron chi connectivity index (χ2n) is 9.36. The van der Waals surface area contributed by atoms with Crippen molar-refractivity contribution in [2.45, 2.75) is 25.3 Å². The number of hydrogen-bond acceptors (Lipinski definition) is 5. The van der Waals surface area contributed by atoms with Gasteiger partial charge in [0.2, 0.25) is 5.91 Å². The number of aromatic amines is 1. The molecule has 1 saturated heterocycles. The van der Waals surface area contributed by atoms with Gasteiger partial charge < -0.3 is 25.0 Å². The van der Waals surface area contributed by atoms with Crippen molar-refractivity contribution in [3.63, 3.8) is 0 Å². The first-order valence-electron chi connectivity index (χ1n) is 11.5. The molecule has 9 nitrogen and oxygen atoms in total. The fourth-order valence-corrected chi connectivity index (χ4v) is 4.91. The number of nitrogens with one attached hydrogen (secondary N) is 2. The topological polar surface area (TPSA) is 125 Å². The third kappa shape index (κ3) is 4.25. The van der Waals surface area contributed by atoms with Crippen molar-refractivity contribution in [3.8, 4) is 11.1 Å². The maximum absolute atomic E-state index is 13.1. The van der Waals surface area contributed by atoms with Crippen molar-refractivity contribution in [3.05, 3.63) is 77.9 Å². The van der Waals surface area contributed by atoms with Gasteiger partial charge in [-0.15, -0.1) is 0 Å². The number of rotatable bonds is 7. The summed E-state index contributed by atoms with van der Waals surface area (Å²) < 4.78 is 5.61. The summed E-state index contributed by atoms with van der Waals surface area (Å²) in [4.78, 5) is 45.7. The molecule has 0 unspecified atom stereocenters. The lowest BCUT2D eigenvalue weighted by Crippen LogP contribution is -2.64. The minimum Gasteiger partial charge on any atom is -0.481 e. The van der Waals surface area contributed by atoms with Crippen molar-refractivity contribution in [2.75, 3.05) is 19.7 Å². The Labute approximate surface area is 202 Å². The van der Waals surface area contributed by atoms with E-state index in [0.717, 1.165) is 22.3 Å². The largest absolute Gasteiger partial charge is 0.481 e. The highest BCUT2D eigenvalue weighted by Crippen LogP contribution is 2.44. The lowest BCUT2D eigenvalue weighted by atomic mass is 9.81. The van der Waals surface area contributed by atoms with E-state index in [0.29, 0.717) is 5.69 Å². The van der Waals surface area contributed by atoms with Gasteiger partial charge >= 0.3 is 12.1 Å². The Morgan fingerprint density at radius 3 is 2.34 bits per heavy atom. The summed E-state index contributed by atoms with van der Waals surface area (Å²) in [6, 6.07) is 15.2. The molecule has 35 heavy (non-hydrogen) atoms. The fourth-order valence-electron chi connectivity index (χ4n) is 4.91. The van der Waals surface area contributed by atoms with Gasteiger partial charge in [0.1, 0.15) is 12.6 Å². The predicted molar refractivity (Wildman–Crippen MR) is 127 cm³/mol. The molecular formula is C26H26N4O5. The average molecular weight is 475 g/mol. The van der Waals surface area contributed by atoms with E-state index >= 15 is 0 Å². The lowest BCUT2D eigenvalue weighted by molar-refractivity contribution is -0.164. The second-order valence-corrected chi connectivity index (χ2v) is 9.36. The lowest BCUT2D eigenvalue weighted by Gasteiger charge is -2.46. The molecular weight excluding hydrogens is 448 g/mol. The molecule has 3 aromatic rings. The number of ether oxygens (including phenoxy) is 1. The van der Waals surface area contributed by atoms with Gasteiger partial charge in [-0.05, 0) is 29.2 Å². The van der Waals surface area contributed by atoms with Gasteiger partial charge in [0.15, 0.2) is 0 Å². The highest BCUT2D eigenvalue weighted by atomic mass is 16.5. The maximum atomic E-state index is 13.1. The number of carbonyl (C=O) groups is 3. The van der Waals surface area contributed by atoms with Crippen LogP contribution in [0.3, 0.4) is 0 Å². The van der Waals surface area contributed by atoms with Crippen LogP contribution >= 0.6 is 0 Å². The molecule has 2 heterocycles. The van der Waals surface area contributed by atoms with Crippen LogP contribution in [0.25, 0.3) is 11.1 Å². The van der Waals surface area contributed by atoms with Gasteiger partial charge in [0, 0.05) is 37.3 Å². The van der Waals surface area contributed by atoms with Gasteiger partial charge in [-0.3, -0.25) is 9.59 Å². The van der Waals surface area contributed by atoms with E-state index in [2.05, 4.69) is 27.4 Å². The van der Waals surface area contributed by atoms with Crippen molar-refractivity contribution in [1.29, 1.82) is 0 Å². The van der Waals surface area contributed by atoms with Crippen LogP contribution in [0.1, 0.15) is 29.7 Å². The number of amides is 2. The van der Waals surface area contributed by atoms with E-state index in [9.17, 15) is 19.5 Å². The summed E-state index contributed by atoms with van der Waals surface area (Å²) in [6.07, 6.45) is 2.56. The van der Waals surface area contributed by atoms with E-state index in [1.54, 1.807) is 13.1 Å². The molecule has 1 fully saturated rings. The van der Waals surface area contributed by atoms with Crippen LogP contribution in [0.2, 0.25) is 0 Å². The third-order valence-electron chi connectivity index (χ3n) is 6.82. The Morgan fingerprint density at radius 2 is 1.77 bits per heavy atom. The molecule has 2 aliphatic rings. The molecule has 1 aliphatic carbocycles. The van der Waals surface area contributed by atoms with Crippen molar-refractivity contribution in [2.24, 2.45) is 5.41 Å². The number of nitrogens with zero attached hydrogens (tertiary/aromatic N) is 2. The number of imidazole rings is 1. The van der Waals surface area contributed by atoms with Crippen LogP contribution in [-0.4, -0.2) is 63.7 Å². The molecule has 180 valence electrons. The number of fused-ring (bicyclic) bond motifs is 3. The molecule has 3 N–H and O–H groups in total. The summed E-state index contributed by atoms with van der Waals surface area (Å²) in [5, 5.41) is 12.0. The molecule has 0 radical (unpaired) electrons. The van der Waals surface area contributed by atoms with E-state index in [1.807, 2.05) is 36.4 Å². The maximum Gasteiger partial charge on any atom is 0.407 e. The Kier molecular flexibility index (Phi) is 5.76. The molecule has 9 heteroatoms. The number of likely N-dealkylation sites (tertiary alicyclic amines) is 1. The normalized spacial score (nSPS) is 16.5. The van der Waals surface area contributed by atoms with Gasteiger partial charge in [-0.2, -0.15) is 0 Å². The first-order valence-corrected chi connectivity index (χ1v) is 11.5. The summed E-state index contributed by atoms with van der Waals surface area (Å²) in [6.45, 7) is 1.91. The Bertz CT molecular complexity index is 1220. The number of aromatic nitrogens is 2. The minimum atomic E-state index is -0.974. The summed E-state index contributed by atoms with van der Waals surface area (Å²) >= 11 is 0. The predicted octanol–water partition coefficient (Wildman–Crippen LogP) is 2.79. The Hall–Kier alpha value is -4.14. The number of benzene rings is 2. The second kappa shape index (κ2) is 8.90. The van der Waals surface area contributed by atoms with Crippen molar-refractivity contribution in [1.82, 2.24) is 20.2 Å². The Balaban J connectivity index is 1.27. The van der Waals surface area contributed by atoms with E-state index in [1.165, 1.54) is 11.2 Å². The van der Waals surface area contributed by atoms with Crippen LogP contribution in [0.15, 0.2) is 61.1 Å². The average Bonchev–Trinajstić information content (AvgIpc) is 3.46. The standard InChI is InChI=1S/C26H26N4O5/c1-26(24(32)33)13-30(14-26)23(31)22(10-16-11-27-15-28-16)29-25(34)35-12-21-19-8-4-2-6-17(19)18-7-3-5-9-20(18)21/h2-9,11,15,21-22H,10,12-14H2,1H3,(H,27,28)(H,29,34)(H,32,33)/t22-/m1/s1. The summed E-state index contributed by atoms with van der Waals surface area (Å²) in [5.74, 6) is -1.40. The highest BCUT2D eigenvalue weighted by molar-refractivity contribution is 5.89. The third-order valence-corrected chi connectivity index (χ3v) is 6.82. The molecule has 0 saturated carbocycles. The molecule has 0 bridgehead atoms. The monoisotopic (exact) mass is 474 g/mol. The van der Waals surface area contributed by atoms with Crippen LogP contribution in [-0.2, 0) is 20.7 Å². The molecule has 1 aromatic heterocycles. The first kappa shape index (κ1) is 22.6. The molecule has 1 aliphatic heterocycles. The van der Waals surface area contributed by atoms with Crippen LogP contribution in [0, 0.1) is 5.41 Å². The number of carboxylic acids is 1. The van der Waals surface area contributed by atoms with Gasteiger partial charge in [-0.25, -0.2) is 9.78 Å². The van der Waals surface area contributed by atoms with Crippen molar-refractivity contribution < 1.29 is 24.2 Å². The molecule has 2 amide bonds. The molecule has 1 atom stereocenters. The van der Waals surface area contributed by atoms with Gasteiger partial charge in [0.25, 0.3) is 0 Å². The smallest absolute Gasteiger partial charge is 0.407 e. The SMILES string of the molecule is CC1(C(=O)O)CN(C(=O)[C@@H](Cc2cnc[nH]2)NC(=O)OCC2c3ccccc3-c3ccccc32)C1. The van der Waals surface area contributed by atoms with Gasteiger partial charge in [-0.1, -0.05) is 48.5 Å². The summed E-state index contributed by atoms with van der Waals surface area (Å²) in [7, 11) is 0. The summed E-state index contributed by atoms with van der Waals surface area (Å²) in [5.41, 5.74) is 4.15. The van der Waals surface area contributed by atoms with Crippen molar-refractivity contribution >= 4 is 18.0 Å². The first-order chi connectivity index (χ1) is 16.9. The number of H-pyrrole nitrogens is 1. The molecule has 0 spiro atoms. The van der Waals surface area contributed by atoms with Crippen LogP contribution < -0.4 is 5.32 Å². The zero-order valence-electron chi connectivity index (χ0n) is 19.2. The number of carboxylic acid groups (broad SMARTS) is 1. The fraction of sp³-hybridized carbons (Fsp3) is 0.308. The van der Waals surface area contributed by atoms with E-state index in [4.69, 9.17) is 4.74 Å². The minimum absolute atomic E-state index is 0.0903. The highest BCUT2D eigenvalue weighted by Gasteiger charge is 2.48. The number of carbonyl (C=O) groups excluding carboxylic acids is 2. The van der Waals surface area contributed by atoms with Gasteiger partial charge in [0.05, 0.1) is 11.7 Å². The zero-order valence-corrected chi connectivity index (χ0v) is 19.2. The molecule has 2 aromatic carbocycles. The number of alkyl carbamates (subject to hydrolysis) is 1. The Morgan fingerprint density at radius 1 is 1.14 bits per heavy atom. The number of aliphatic carboxylic acids is 1. The van der Waals surface area contributed by atoms with Crippen LogP contribution in [0.5, 0.6) is 0 Å². The van der Waals surface area contributed by atoms with E-state index < -0.39 is 23.5 Å². The zero-order chi connectivity index (χ0) is 24.6. The quantitative estimate of drug-likeness (QED) is 0.484. The molecule has 5 rings (SSSR count). The number of hydrogen-bond donors (Lipinski definition) is 3. The van der Waals surface area contributed by atoms with Crippen LogP contribution in [0.4, 0.5) is 4.79 Å². The van der Waals surface area contributed by atoms with E-state index in [-0.39, 0.29) is 37.9 Å².